The minimum Gasteiger partial charge on any atom is -0.357 e. The molecule has 1 aromatic carbocycles. The lowest BCUT2D eigenvalue weighted by Gasteiger charge is -2.19. The first-order chi connectivity index (χ1) is 12.5. The Bertz CT molecular complexity index is 1010. The number of fused-ring (bicyclic) bond motifs is 1. The van der Waals surface area contributed by atoms with Crippen LogP contribution in [0.3, 0.4) is 0 Å². The van der Waals surface area contributed by atoms with E-state index in [1.807, 2.05) is 18.2 Å². The number of nitrogens with zero attached hydrogens (tertiary/aromatic N) is 4. The summed E-state index contributed by atoms with van der Waals surface area (Å²) >= 11 is 0. The van der Waals surface area contributed by atoms with Gasteiger partial charge in [-0.15, -0.1) is 5.10 Å². The lowest BCUT2D eigenvalue weighted by molar-refractivity contribution is -0.124. The number of aromatic amines is 1. The van der Waals surface area contributed by atoms with Crippen molar-refractivity contribution in [3.05, 3.63) is 53.5 Å². The lowest BCUT2D eigenvalue weighted by atomic mass is 10.0. The van der Waals surface area contributed by atoms with Gasteiger partial charge in [-0.05, 0) is 35.6 Å². The second kappa shape index (κ2) is 7.21. The number of amides is 1. The summed E-state index contributed by atoms with van der Waals surface area (Å²) in [6, 6.07) is 9.60. The number of rotatable bonds is 5. The Morgan fingerprint density at radius 2 is 2.23 bits per heavy atom. The molecule has 3 N–H and O–H groups in total. The second-order valence-electron chi connectivity index (χ2n) is 6.26. The largest absolute Gasteiger partial charge is 0.357 e. The SMILES string of the molecule is CC(C)C(c1cc2ccc(C#N)cc2[nH]1)n1cc(/C=C/C(=O)NO)nn1. The number of carbonyl (C=O) groups is 1. The number of aromatic nitrogens is 4. The van der Waals surface area contributed by atoms with Gasteiger partial charge in [0.05, 0.1) is 23.9 Å². The van der Waals surface area contributed by atoms with E-state index < -0.39 is 5.91 Å². The number of H-pyrrole nitrogens is 1. The molecular formula is C18H18N6O2. The standard InChI is InChI=1S/C18H18N6O2/c1-11(2)18(24-10-14(21-23-24)5-6-17(25)22-26)16-8-13-4-3-12(9-19)7-15(13)20-16/h3-8,10-11,18,20,26H,1-2H3,(H,22,25)/b6-5+. The molecule has 3 aromatic rings. The fourth-order valence-corrected chi connectivity index (χ4v) is 2.89. The van der Waals surface area contributed by atoms with E-state index in [-0.39, 0.29) is 12.0 Å². The van der Waals surface area contributed by atoms with Gasteiger partial charge in [-0.1, -0.05) is 25.1 Å². The molecule has 132 valence electrons. The first kappa shape index (κ1) is 17.4. The Balaban J connectivity index is 1.95. The fourth-order valence-electron chi connectivity index (χ4n) is 2.89. The first-order valence-electron chi connectivity index (χ1n) is 8.08. The third-order valence-electron chi connectivity index (χ3n) is 4.05. The summed E-state index contributed by atoms with van der Waals surface area (Å²) in [4.78, 5) is 14.4. The zero-order valence-electron chi connectivity index (χ0n) is 14.3. The topological polar surface area (TPSA) is 120 Å². The summed E-state index contributed by atoms with van der Waals surface area (Å²) in [5.74, 6) is -0.415. The number of benzene rings is 1. The van der Waals surface area contributed by atoms with E-state index in [1.54, 1.807) is 16.9 Å². The molecule has 1 unspecified atom stereocenters. The first-order valence-corrected chi connectivity index (χ1v) is 8.08. The highest BCUT2D eigenvalue weighted by atomic mass is 16.5. The average molecular weight is 350 g/mol. The molecule has 2 heterocycles. The summed E-state index contributed by atoms with van der Waals surface area (Å²) in [5, 5.41) is 26.8. The third kappa shape index (κ3) is 3.48. The zero-order chi connectivity index (χ0) is 18.7. The molecule has 0 saturated heterocycles. The number of hydroxylamine groups is 1. The minimum atomic E-state index is -0.635. The van der Waals surface area contributed by atoms with E-state index in [9.17, 15) is 4.79 Å². The number of nitrogens with one attached hydrogen (secondary N) is 2. The van der Waals surface area contributed by atoms with Crippen molar-refractivity contribution in [2.75, 3.05) is 0 Å². The van der Waals surface area contributed by atoms with E-state index in [1.165, 1.54) is 17.6 Å². The molecule has 0 aliphatic heterocycles. The van der Waals surface area contributed by atoms with Gasteiger partial charge in [0.1, 0.15) is 5.69 Å². The molecule has 0 aliphatic carbocycles. The van der Waals surface area contributed by atoms with Crippen molar-refractivity contribution >= 4 is 22.9 Å². The van der Waals surface area contributed by atoms with Crippen molar-refractivity contribution in [2.24, 2.45) is 5.92 Å². The molecule has 0 saturated carbocycles. The maximum absolute atomic E-state index is 11.1. The number of hydrogen-bond donors (Lipinski definition) is 3. The zero-order valence-corrected chi connectivity index (χ0v) is 14.3. The van der Waals surface area contributed by atoms with Crippen LogP contribution in [-0.2, 0) is 4.79 Å². The van der Waals surface area contributed by atoms with Crippen LogP contribution in [-0.4, -0.2) is 31.1 Å². The molecule has 2 aromatic heterocycles. The molecular weight excluding hydrogens is 332 g/mol. The van der Waals surface area contributed by atoms with E-state index >= 15 is 0 Å². The van der Waals surface area contributed by atoms with Crippen molar-refractivity contribution in [1.29, 1.82) is 5.26 Å². The summed E-state index contributed by atoms with van der Waals surface area (Å²) in [5.41, 5.74) is 4.48. The maximum Gasteiger partial charge on any atom is 0.267 e. The third-order valence-corrected chi connectivity index (χ3v) is 4.05. The summed E-state index contributed by atoms with van der Waals surface area (Å²) in [6.45, 7) is 4.15. The van der Waals surface area contributed by atoms with Gasteiger partial charge < -0.3 is 4.98 Å². The maximum atomic E-state index is 11.1. The monoisotopic (exact) mass is 350 g/mol. The Morgan fingerprint density at radius 3 is 2.92 bits per heavy atom. The minimum absolute atomic E-state index is 0.0887. The van der Waals surface area contributed by atoms with Crippen LogP contribution in [0.25, 0.3) is 17.0 Å². The Kier molecular flexibility index (Phi) is 4.82. The van der Waals surface area contributed by atoms with Gasteiger partial charge in [0, 0.05) is 17.3 Å². The summed E-state index contributed by atoms with van der Waals surface area (Å²) in [7, 11) is 0. The van der Waals surface area contributed by atoms with Crippen LogP contribution in [0, 0.1) is 17.2 Å². The van der Waals surface area contributed by atoms with Gasteiger partial charge in [0.2, 0.25) is 0 Å². The van der Waals surface area contributed by atoms with E-state index in [0.29, 0.717) is 11.3 Å². The Hall–Kier alpha value is -3.44. The van der Waals surface area contributed by atoms with Gasteiger partial charge >= 0.3 is 0 Å². The number of hydrogen-bond acceptors (Lipinski definition) is 5. The van der Waals surface area contributed by atoms with E-state index in [0.717, 1.165) is 16.6 Å². The highest BCUT2D eigenvalue weighted by Gasteiger charge is 2.21. The van der Waals surface area contributed by atoms with Crippen molar-refractivity contribution in [3.63, 3.8) is 0 Å². The van der Waals surface area contributed by atoms with Crippen molar-refractivity contribution in [3.8, 4) is 6.07 Å². The molecule has 0 fully saturated rings. The van der Waals surface area contributed by atoms with Crippen LogP contribution < -0.4 is 5.48 Å². The van der Waals surface area contributed by atoms with E-state index in [4.69, 9.17) is 10.5 Å². The molecule has 0 radical (unpaired) electrons. The molecule has 1 amide bonds. The van der Waals surface area contributed by atoms with Gasteiger partial charge in [-0.25, -0.2) is 10.2 Å². The lowest BCUT2D eigenvalue weighted by Crippen LogP contribution is -2.17. The van der Waals surface area contributed by atoms with Gasteiger partial charge in [0.25, 0.3) is 5.91 Å². The Labute approximate surface area is 149 Å². The van der Waals surface area contributed by atoms with Crippen LogP contribution >= 0.6 is 0 Å². The smallest absolute Gasteiger partial charge is 0.267 e. The molecule has 3 rings (SSSR count). The molecule has 1 atom stereocenters. The fraction of sp³-hybridized carbons (Fsp3) is 0.222. The van der Waals surface area contributed by atoms with Crippen LogP contribution in [0.5, 0.6) is 0 Å². The summed E-state index contributed by atoms with van der Waals surface area (Å²) < 4.78 is 1.73. The highest BCUT2D eigenvalue weighted by Crippen LogP contribution is 2.28. The van der Waals surface area contributed by atoms with Crippen LogP contribution in [0.4, 0.5) is 0 Å². The van der Waals surface area contributed by atoms with Gasteiger partial charge in [-0.3, -0.25) is 10.0 Å². The van der Waals surface area contributed by atoms with Gasteiger partial charge in [-0.2, -0.15) is 5.26 Å². The molecule has 8 heteroatoms. The number of nitriles is 1. The predicted molar refractivity (Wildman–Crippen MR) is 95.0 cm³/mol. The van der Waals surface area contributed by atoms with E-state index in [2.05, 4.69) is 35.2 Å². The van der Waals surface area contributed by atoms with Crippen molar-refractivity contribution in [1.82, 2.24) is 25.5 Å². The molecule has 0 bridgehead atoms. The molecule has 0 aliphatic rings. The second-order valence-corrected chi connectivity index (χ2v) is 6.26. The Morgan fingerprint density at radius 1 is 1.42 bits per heavy atom. The highest BCUT2D eigenvalue weighted by molar-refractivity contribution is 5.90. The van der Waals surface area contributed by atoms with Crippen LogP contribution in [0.2, 0.25) is 0 Å². The van der Waals surface area contributed by atoms with Crippen molar-refractivity contribution < 1.29 is 10.0 Å². The quantitative estimate of drug-likeness (QED) is 0.371. The predicted octanol–water partition coefficient (Wildman–Crippen LogP) is 2.40. The molecule has 0 spiro atoms. The van der Waals surface area contributed by atoms with Crippen LogP contribution in [0.15, 0.2) is 36.5 Å². The van der Waals surface area contributed by atoms with Crippen molar-refractivity contribution in [2.45, 2.75) is 19.9 Å². The average Bonchev–Trinajstić information content (AvgIpc) is 3.25. The normalized spacial score (nSPS) is 12.6. The van der Waals surface area contributed by atoms with Gasteiger partial charge in [0.15, 0.2) is 0 Å². The molecule has 8 nitrogen and oxygen atoms in total. The summed E-state index contributed by atoms with van der Waals surface area (Å²) in [6.07, 6.45) is 4.37. The number of carbonyl (C=O) groups excluding carboxylic acids is 1. The van der Waals surface area contributed by atoms with Crippen LogP contribution in [0.1, 0.15) is 36.8 Å². The molecule has 26 heavy (non-hydrogen) atoms.